The zero-order valence-electron chi connectivity index (χ0n) is 20.6. The highest BCUT2D eigenvalue weighted by Crippen LogP contribution is 2.14. The summed E-state index contributed by atoms with van der Waals surface area (Å²) < 4.78 is 5.25. The highest BCUT2D eigenvalue weighted by Gasteiger charge is 2.25. The summed E-state index contributed by atoms with van der Waals surface area (Å²) in [6, 6.07) is 15.2. The number of ether oxygens (including phenoxy) is 1. The maximum absolute atomic E-state index is 13.4. The van der Waals surface area contributed by atoms with Crippen LogP contribution in [-0.2, 0) is 25.5 Å². The molecule has 2 aromatic carbocycles. The van der Waals surface area contributed by atoms with E-state index < -0.39 is 6.04 Å². The molecule has 7 nitrogen and oxygen atoms in total. The molecular weight excluding hydrogens is 456 g/mol. The quantitative estimate of drug-likeness (QED) is 0.445. The number of phenolic OH excluding ortho intramolecular Hbond substituents is 1. The highest BCUT2D eigenvalue weighted by atomic mass is 16.5. The van der Waals surface area contributed by atoms with Crippen LogP contribution in [0.5, 0.6) is 5.75 Å². The van der Waals surface area contributed by atoms with Gasteiger partial charge < -0.3 is 20.5 Å². The summed E-state index contributed by atoms with van der Waals surface area (Å²) in [5.74, 6) is -0.843. The van der Waals surface area contributed by atoms with Gasteiger partial charge in [0.1, 0.15) is 11.8 Å². The Bertz CT molecular complexity index is 1060. The molecule has 0 spiro atoms. The van der Waals surface area contributed by atoms with Crippen molar-refractivity contribution in [1.29, 1.82) is 0 Å². The summed E-state index contributed by atoms with van der Waals surface area (Å²) in [6.07, 6.45) is 9.29. The van der Waals surface area contributed by atoms with Crippen molar-refractivity contribution in [2.75, 3.05) is 6.61 Å². The molecule has 1 heterocycles. The number of rotatable bonds is 4. The van der Waals surface area contributed by atoms with Crippen LogP contribution in [-0.4, -0.2) is 41.6 Å². The maximum Gasteiger partial charge on any atom is 0.309 e. The third-order valence-electron chi connectivity index (χ3n) is 5.98. The number of carbonyl (C=O) groups excluding carboxylic acids is 3. The second kappa shape index (κ2) is 13.9. The Morgan fingerprint density at radius 3 is 2.50 bits per heavy atom. The van der Waals surface area contributed by atoms with E-state index in [0.717, 1.165) is 11.1 Å². The number of esters is 1. The summed E-state index contributed by atoms with van der Waals surface area (Å²) in [4.78, 5) is 38.0. The monoisotopic (exact) mass is 490 g/mol. The summed E-state index contributed by atoms with van der Waals surface area (Å²) in [5, 5.41) is 15.5. The number of carbonyl (C=O) groups is 3. The SMILES string of the molecule is C[C@@H]1/C=C/CC(=O)OCCCCC(=O)N[C@@H](Cc2ccc(O)cc2)C(=O)N[C@@H]1/C=C/c1ccccc1. The first-order chi connectivity index (χ1) is 17.4. The predicted molar refractivity (Wildman–Crippen MR) is 139 cm³/mol. The molecule has 0 saturated heterocycles. The smallest absolute Gasteiger partial charge is 0.309 e. The Balaban J connectivity index is 1.85. The molecule has 1 aliphatic heterocycles. The number of aromatic hydroxyl groups is 1. The Labute approximate surface area is 212 Å². The number of hydrogen-bond acceptors (Lipinski definition) is 5. The van der Waals surface area contributed by atoms with Gasteiger partial charge in [-0.05, 0) is 42.0 Å². The summed E-state index contributed by atoms with van der Waals surface area (Å²) in [5.41, 5.74) is 1.81. The van der Waals surface area contributed by atoms with E-state index in [-0.39, 0.29) is 61.4 Å². The van der Waals surface area contributed by atoms with Gasteiger partial charge in [-0.1, -0.05) is 73.7 Å². The fraction of sp³-hybridized carbons (Fsp3) is 0.345. The molecule has 0 aromatic heterocycles. The van der Waals surface area contributed by atoms with Gasteiger partial charge in [-0.2, -0.15) is 0 Å². The van der Waals surface area contributed by atoms with E-state index in [1.807, 2.05) is 55.5 Å². The third-order valence-corrected chi connectivity index (χ3v) is 5.98. The third kappa shape index (κ3) is 9.06. The fourth-order valence-electron chi connectivity index (χ4n) is 3.87. The van der Waals surface area contributed by atoms with Crippen LogP contribution in [0.1, 0.15) is 43.7 Å². The molecule has 0 saturated carbocycles. The van der Waals surface area contributed by atoms with Crippen molar-refractivity contribution in [2.24, 2.45) is 5.92 Å². The van der Waals surface area contributed by atoms with Crippen molar-refractivity contribution in [3.8, 4) is 5.75 Å². The predicted octanol–water partition coefficient (Wildman–Crippen LogP) is 3.93. The largest absolute Gasteiger partial charge is 0.508 e. The molecule has 0 fully saturated rings. The van der Waals surface area contributed by atoms with Gasteiger partial charge in [0.25, 0.3) is 0 Å². The Kier molecular flexibility index (Phi) is 10.3. The standard InChI is InChI=1S/C29H34N2O5/c1-21-8-7-12-28(34)36-19-6-5-11-27(33)30-26(20-23-13-16-24(32)17-14-23)29(35)31-25(21)18-15-22-9-3-2-4-10-22/h2-4,7-10,13-18,21,25-26,32H,5-6,11-12,19-20H2,1H3,(H,30,33)(H,31,35)/b8-7+,18-15+/t21-,25-,26+/m1/s1. The van der Waals surface area contributed by atoms with E-state index in [2.05, 4.69) is 10.6 Å². The summed E-state index contributed by atoms with van der Waals surface area (Å²) in [7, 11) is 0. The van der Waals surface area contributed by atoms with Gasteiger partial charge in [-0.3, -0.25) is 14.4 Å². The molecule has 0 radical (unpaired) electrons. The zero-order valence-corrected chi connectivity index (χ0v) is 20.6. The molecule has 0 aliphatic carbocycles. The molecule has 3 N–H and O–H groups in total. The first-order valence-corrected chi connectivity index (χ1v) is 12.3. The second-order valence-corrected chi connectivity index (χ2v) is 8.96. The van der Waals surface area contributed by atoms with E-state index >= 15 is 0 Å². The normalized spacial score (nSPS) is 23.5. The lowest BCUT2D eigenvalue weighted by atomic mass is 9.98. The van der Waals surface area contributed by atoms with Gasteiger partial charge >= 0.3 is 5.97 Å². The number of hydrogen-bond donors (Lipinski definition) is 3. The molecule has 0 bridgehead atoms. The summed E-state index contributed by atoms with van der Waals surface area (Å²) >= 11 is 0. The molecule has 3 atom stereocenters. The number of benzene rings is 2. The van der Waals surface area contributed by atoms with Gasteiger partial charge in [0.05, 0.1) is 19.1 Å². The van der Waals surface area contributed by atoms with Gasteiger partial charge in [0.2, 0.25) is 11.8 Å². The van der Waals surface area contributed by atoms with E-state index in [9.17, 15) is 19.5 Å². The number of amides is 2. The highest BCUT2D eigenvalue weighted by molar-refractivity contribution is 5.88. The minimum atomic E-state index is -0.781. The number of nitrogens with one attached hydrogen (secondary N) is 2. The van der Waals surface area contributed by atoms with Crippen molar-refractivity contribution in [3.05, 3.63) is 84.0 Å². The fourth-order valence-corrected chi connectivity index (χ4v) is 3.87. The molecule has 7 heteroatoms. The first-order valence-electron chi connectivity index (χ1n) is 12.3. The van der Waals surface area contributed by atoms with Gasteiger partial charge in [0, 0.05) is 12.8 Å². The van der Waals surface area contributed by atoms with Crippen LogP contribution in [0.3, 0.4) is 0 Å². The summed E-state index contributed by atoms with van der Waals surface area (Å²) in [6.45, 7) is 2.22. The molecule has 0 unspecified atom stereocenters. The lowest BCUT2D eigenvalue weighted by Crippen LogP contribution is -2.51. The molecule has 36 heavy (non-hydrogen) atoms. The molecule has 1 aliphatic rings. The van der Waals surface area contributed by atoms with Crippen molar-refractivity contribution >= 4 is 23.9 Å². The lowest BCUT2D eigenvalue weighted by molar-refractivity contribution is -0.142. The van der Waals surface area contributed by atoms with Crippen molar-refractivity contribution in [3.63, 3.8) is 0 Å². The minimum Gasteiger partial charge on any atom is -0.508 e. The molecule has 3 rings (SSSR count). The maximum atomic E-state index is 13.4. The first kappa shape index (κ1) is 26.7. The molecule has 2 amide bonds. The zero-order chi connectivity index (χ0) is 25.8. The van der Waals surface area contributed by atoms with Gasteiger partial charge in [-0.15, -0.1) is 0 Å². The van der Waals surface area contributed by atoms with Crippen LogP contribution in [0.15, 0.2) is 72.8 Å². The van der Waals surface area contributed by atoms with Crippen LogP contribution in [0.2, 0.25) is 0 Å². The van der Waals surface area contributed by atoms with Crippen LogP contribution in [0.4, 0.5) is 0 Å². The topological polar surface area (TPSA) is 105 Å². The van der Waals surface area contributed by atoms with E-state index in [4.69, 9.17) is 4.74 Å². The lowest BCUT2D eigenvalue weighted by Gasteiger charge is -2.25. The van der Waals surface area contributed by atoms with Crippen molar-refractivity contribution < 1.29 is 24.2 Å². The average Bonchev–Trinajstić information content (AvgIpc) is 2.87. The molecular formula is C29H34N2O5. The Morgan fingerprint density at radius 2 is 1.75 bits per heavy atom. The van der Waals surface area contributed by atoms with Gasteiger partial charge in [-0.25, -0.2) is 0 Å². The van der Waals surface area contributed by atoms with Crippen LogP contribution < -0.4 is 10.6 Å². The van der Waals surface area contributed by atoms with Crippen molar-refractivity contribution in [2.45, 2.75) is 51.1 Å². The Hall–Kier alpha value is -3.87. The molecule has 2 aromatic rings. The number of phenols is 1. The molecule has 190 valence electrons. The Morgan fingerprint density at radius 1 is 1.00 bits per heavy atom. The van der Waals surface area contributed by atoms with Crippen LogP contribution in [0.25, 0.3) is 6.08 Å². The van der Waals surface area contributed by atoms with Crippen molar-refractivity contribution in [1.82, 2.24) is 10.6 Å². The van der Waals surface area contributed by atoms with Crippen LogP contribution >= 0.6 is 0 Å². The second-order valence-electron chi connectivity index (χ2n) is 8.96. The van der Waals surface area contributed by atoms with E-state index in [1.165, 1.54) is 0 Å². The van der Waals surface area contributed by atoms with E-state index in [0.29, 0.717) is 12.8 Å². The number of cyclic esters (lactones) is 1. The minimum absolute atomic E-state index is 0.125. The van der Waals surface area contributed by atoms with E-state index in [1.54, 1.807) is 30.3 Å². The van der Waals surface area contributed by atoms with Crippen LogP contribution in [0, 0.1) is 5.92 Å². The average molecular weight is 491 g/mol. The van der Waals surface area contributed by atoms with Gasteiger partial charge in [0.15, 0.2) is 0 Å².